The normalized spacial score (nSPS) is 19.1. The molecule has 1 aliphatic rings. The van der Waals surface area contributed by atoms with Gasteiger partial charge in [0.2, 0.25) is 5.91 Å². The molecule has 1 atom stereocenters. The van der Waals surface area contributed by atoms with Crippen molar-refractivity contribution in [2.75, 3.05) is 13.1 Å². The number of carbonyl (C=O) groups excluding carboxylic acids is 1. The van der Waals surface area contributed by atoms with Gasteiger partial charge in [0.25, 0.3) is 0 Å². The average Bonchev–Trinajstić information content (AvgIpc) is 2.46. The number of hydrogen-bond donors (Lipinski definition) is 1. The zero-order chi connectivity index (χ0) is 14.7. The predicted molar refractivity (Wildman–Crippen MR) is 76.8 cm³/mol. The molecule has 1 fully saturated rings. The molecule has 1 unspecified atom stereocenters. The van der Waals surface area contributed by atoms with Crippen LogP contribution in [-0.2, 0) is 4.79 Å². The highest BCUT2D eigenvalue weighted by molar-refractivity contribution is 5.87. The summed E-state index contributed by atoms with van der Waals surface area (Å²) in [6.45, 7) is 5.33. The van der Waals surface area contributed by atoms with Crippen molar-refractivity contribution in [3.63, 3.8) is 0 Å². The Morgan fingerprint density at radius 3 is 2.75 bits per heavy atom. The zero-order valence-electron chi connectivity index (χ0n) is 12.0. The minimum Gasteiger partial charge on any atom is -0.478 e. The van der Waals surface area contributed by atoms with Gasteiger partial charge < -0.3 is 10.0 Å². The van der Waals surface area contributed by atoms with Crippen LogP contribution in [0.1, 0.15) is 48.5 Å². The summed E-state index contributed by atoms with van der Waals surface area (Å²) in [5, 5.41) is 9.06. The largest absolute Gasteiger partial charge is 0.478 e. The number of amides is 1. The SMILES string of the molecule is CC(C)C(=O)N1CCCC(c2cccc(C(=O)O)c2)C1. The monoisotopic (exact) mass is 275 g/mol. The van der Waals surface area contributed by atoms with E-state index in [9.17, 15) is 9.59 Å². The number of rotatable bonds is 3. The summed E-state index contributed by atoms with van der Waals surface area (Å²) in [4.78, 5) is 25.0. The average molecular weight is 275 g/mol. The van der Waals surface area contributed by atoms with Gasteiger partial charge in [-0.2, -0.15) is 0 Å². The van der Waals surface area contributed by atoms with Crippen LogP contribution >= 0.6 is 0 Å². The standard InChI is InChI=1S/C16H21NO3/c1-11(2)15(18)17-8-4-7-14(10-17)12-5-3-6-13(9-12)16(19)20/h3,5-6,9,11,14H,4,7-8,10H2,1-2H3,(H,19,20). The first-order valence-electron chi connectivity index (χ1n) is 7.11. The number of likely N-dealkylation sites (tertiary alicyclic amines) is 1. The van der Waals surface area contributed by atoms with E-state index in [-0.39, 0.29) is 17.7 Å². The molecule has 1 aromatic carbocycles. The molecule has 4 nitrogen and oxygen atoms in total. The van der Waals surface area contributed by atoms with Crippen molar-refractivity contribution < 1.29 is 14.7 Å². The predicted octanol–water partition coefficient (Wildman–Crippen LogP) is 2.75. The van der Waals surface area contributed by atoms with E-state index >= 15 is 0 Å². The molecule has 1 heterocycles. The maximum Gasteiger partial charge on any atom is 0.335 e. The third-order valence-electron chi connectivity index (χ3n) is 3.83. The highest BCUT2D eigenvalue weighted by Crippen LogP contribution is 2.28. The van der Waals surface area contributed by atoms with E-state index in [0.29, 0.717) is 12.1 Å². The van der Waals surface area contributed by atoms with E-state index in [2.05, 4.69) is 0 Å². The first-order chi connectivity index (χ1) is 9.49. The number of carbonyl (C=O) groups is 2. The van der Waals surface area contributed by atoms with Crippen molar-refractivity contribution in [1.29, 1.82) is 0 Å². The van der Waals surface area contributed by atoms with Gasteiger partial charge in [-0.25, -0.2) is 4.79 Å². The van der Waals surface area contributed by atoms with Gasteiger partial charge in [0, 0.05) is 24.9 Å². The number of carboxylic acid groups (broad SMARTS) is 1. The van der Waals surface area contributed by atoms with Crippen molar-refractivity contribution in [2.45, 2.75) is 32.6 Å². The van der Waals surface area contributed by atoms with Crippen LogP contribution in [0, 0.1) is 5.92 Å². The Balaban J connectivity index is 2.14. The van der Waals surface area contributed by atoms with E-state index in [4.69, 9.17) is 5.11 Å². The lowest BCUT2D eigenvalue weighted by atomic mass is 9.89. The van der Waals surface area contributed by atoms with Crippen molar-refractivity contribution in [1.82, 2.24) is 4.90 Å². The molecule has 1 aliphatic heterocycles. The Bertz CT molecular complexity index is 510. The zero-order valence-corrected chi connectivity index (χ0v) is 12.0. The van der Waals surface area contributed by atoms with Gasteiger partial charge >= 0.3 is 5.97 Å². The van der Waals surface area contributed by atoms with Crippen LogP contribution in [0.15, 0.2) is 24.3 Å². The molecule has 20 heavy (non-hydrogen) atoms. The molecule has 1 aromatic rings. The van der Waals surface area contributed by atoms with Crippen molar-refractivity contribution in [3.05, 3.63) is 35.4 Å². The van der Waals surface area contributed by atoms with Crippen LogP contribution in [0.3, 0.4) is 0 Å². The summed E-state index contributed by atoms with van der Waals surface area (Å²) in [5.41, 5.74) is 1.33. The molecule has 1 amide bonds. The number of hydrogen-bond acceptors (Lipinski definition) is 2. The Morgan fingerprint density at radius 2 is 2.10 bits per heavy atom. The van der Waals surface area contributed by atoms with Gasteiger partial charge in [0.1, 0.15) is 0 Å². The van der Waals surface area contributed by atoms with Crippen LogP contribution in [0.5, 0.6) is 0 Å². The molecule has 0 bridgehead atoms. The van der Waals surface area contributed by atoms with Gasteiger partial charge in [0.05, 0.1) is 5.56 Å². The van der Waals surface area contributed by atoms with E-state index in [1.807, 2.05) is 24.8 Å². The fraction of sp³-hybridized carbons (Fsp3) is 0.500. The molecule has 2 rings (SSSR count). The maximum absolute atomic E-state index is 12.1. The van der Waals surface area contributed by atoms with E-state index in [0.717, 1.165) is 24.9 Å². The van der Waals surface area contributed by atoms with E-state index in [1.165, 1.54) is 0 Å². The Labute approximate surface area is 119 Å². The van der Waals surface area contributed by atoms with Gasteiger partial charge in [-0.1, -0.05) is 26.0 Å². The van der Waals surface area contributed by atoms with Crippen LogP contribution in [0.25, 0.3) is 0 Å². The highest BCUT2D eigenvalue weighted by atomic mass is 16.4. The molecule has 0 aromatic heterocycles. The van der Waals surface area contributed by atoms with Crippen LogP contribution < -0.4 is 0 Å². The smallest absolute Gasteiger partial charge is 0.335 e. The second kappa shape index (κ2) is 6.07. The molecule has 0 spiro atoms. The fourth-order valence-corrected chi connectivity index (χ4v) is 2.74. The van der Waals surface area contributed by atoms with Gasteiger partial charge in [-0.15, -0.1) is 0 Å². The van der Waals surface area contributed by atoms with Crippen molar-refractivity contribution >= 4 is 11.9 Å². The first-order valence-corrected chi connectivity index (χ1v) is 7.11. The molecule has 0 saturated carbocycles. The molecule has 0 aliphatic carbocycles. The third-order valence-corrected chi connectivity index (χ3v) is 3.83. The Hall–Kier alpha value is -1.84. The summed E-state index contributed by atoms with van der Waals surface area (Å²) in [6, 6.07) is 7.07. The van der Waals surface area contributed by atoms with Crippen molar-refractivity contribution in [2.24, 2.45) is 5.92 Å². The van der Waals surface area contributed by atoms with Crippen LogP contribution in [0.2, 0.25) is 0 Å². The second-order valence-corrected chi connectivity index (χ2v) is 5.71. The van der Waals surface area contributed by atoms with Gasteiger partial charge in [-0.3, -0.25) is 4.79 Å². The topological polar surface area (TPSA) is 57.6 Å². The van der Waals surface area contributed by atoms with E-state index in [1.54, 1.807) is 18.2 Å². The molecule has 1 saturated heterocycles. The summed E-state index contributed by atoms with van der Waals surface area (Å²) in [5.74, 6) is -0.466. The minimum absolute atomic E-state index is 0.0131. The Kier molecular flexibility index (Phi) is 4.42. The molecule has 1 N–H and O–H groups in total. The third kappa shape index (κ3) is 3.18. The lowest BCUT2D eigenvalue weighted by molar-refractivity contribution is -0.135. The molecular formula is C16H21NO3. The first kappa shape index (κ1) is 14.6. The fourth-order valence-electron chi connectivity index (χ4n) is 2.74. The molecule has 108 valence electrons. The second-order valence-electron chi connectivity index (χ2n) is 5.71. The Morgan fingerprint density at radius 1 is 1.35 bits per heavy atom. The summed E-state index contributed by atoms with van der Waals surface area (Å²) < 4.78 is 0. The lowest BCUT2D eigenvalue weighted by Gasteiger charge is -2.34. The molecular weight excluding hydrogens is 254 g/mol. The van der Waals surface area contributed by atoms with Crippen molar-refractivity contribution in [3.8, 4) is 0 Å². The number of piperidine rings is 1. The summed E-state index contributed by atoms with van der Waals surface area (Å²) in [6.07, 6.45) is 1.98. The maximum atomic E-state index is 12.1. The van der Waals surface area contributed by atoms with Gasteiger partial charge in [-0.05, 0) is 30.5 Å². The molecule has 0 radical (unpaired) electrons. The number of carboxylic acids is 1. The summed E-state index contributed by atoms with van der Waals surface area (Å²) >= 11 is 0. The minimum atomic E-state index is -0.905. The molecule has 4 heteroatoms. The number of benzene rings is 1. The lowest BCUT2D eigenvalue weighted by Crippen LogP contribution is -2.41. The van der Waals surface area contributed by atoms with Gasteiger partial charge in [0.15, 0.2) is 0 Å². The van der Waals surface area contributed by atoms with Crippen LogP contribution in [-0.4, -0.2) is 35.0 Å². The number of nitrogens with zero attached hydrogens (tertiary/aromatic N) is 1. The number of aromatic carboxylic acids is 1. The van der Waals surface area contributed by atoms with E-state index < -0.39 is 5.97 Å². The highest BCUT2D eigenvalue weighted by Gasteiger charge is 2.26. The quantitative estimate of drug-likeness (QED) is 0.922. The summed E-state index contributed by atoms with van der Waals surface area (Å²) in [7, 11) is 0. The van der Waals surface area contributed by atoms with Crippen LogP contribution in [0.4, 0.5) is 0 Å².